The fraction of sp³-hybridized carbons (Fsp3) is 0.0500. The molecule has 3 aromatic carbocycles. The molecule has 0 bridgehead atoms. The van der Waals surface area contributed by atoms with Crippen LogP contribution in [0.15, 0.2) is 66.7 Å². The van der Waals surface area contributed by atoms with Crippen LogP contribution in [0.3, 0.4) is 0 Å². The van der Waals surface area contributed by atoms with E-state index in [1.54, 1.807) is 0 Å². The number of rotatable bonds is 1. The third-order valence-electron chi connectivity index (χ3n) is 3.41. The Kier molecular flexibility index (Phi) is 3.53. The van der Waals surface area contributed by atoms with Crippen molar-refractivity contribution < 1.29 is 4.79 Å². The number of ketones is 1. The summed E-state index contributed by atoms with van der Waals surface area (Å²) in [6.45, 7) is 2.00. The van der Waals surface area contributed by atoms with Crippen molar-refractivity contribution in [2.24, 2.45) is 0 Å². The summed E-state index contributed by atoms with van der Waals surface area (Å²) in [5.41, 5.74) is 2.65. The van der Waals surface area contributed by atoms with Crippen LogP contribution < -0.4 is 0 Å². The number of aryl methyl sites for hydroxylation is 1. The Labute approximate surface area is 124 Å². The van der Waals surface area contributed by atoms with E-state index in [0.717, 1.165) is 21.9 Å². The molecule has 0 aliphatic carbocycles. The lowest BCUT2D eigenvalue weighted by atomic mass is 10.0. The summed E-state index contributed by atoms with van der Waals surface area (Å²) >= 11 is 0. The lowest BCUT2D eigenvalue weighted by Gasteiger charge is -1.99. The van der Waals surface area contributed by atoms with Crippen LogP contribution in [-0.4, -0.2) is 5.78 Å². The maximum Gasteiger partial charge on any atom is 0.236 e. The number of hydrogen-bond acceptors (Lipinski definition) is 1. The molecule has 3 aromatic rings. The first-order chi connectivity index (χ1) is 10.2. The van der Waals surface area contributed by atoms with E-state index in [9.17, 15) is 4.79 Å². The Bertz CT molecular complexity index is 856. The molecule has 0 atom stereocenters. The van der Waals surface area contributed by atoms with Gasteiger partial charge in [0.15, 0.2) is 0 Å². The second kappa shape index (κ2) is 5.64. The van der Waals surface area contributed by atoms with E-state index in [1.807, 2.05) is 73.7 Å². The van der Waals surface area contributed by atoms with Gasteiger partial charge < -0.3 is 0 Å². The molecule has 1 nitrogen and oxygen atoms in total. The Hall–Kier alpha value is -2.85. The molecule has 0 saturated carbocycles. The summed E-state index contributed by atoms with van der Waals surface area (Å²) in [6, 6.07) is 21.5. The number of carbonyl (C=O) groups excluding carboxylic acids is 1. The summed E-state index contributed by atoms with van der Waals surface area (Å²) in [4.78, 5) is 12.1. The highest BCUT2D eigenvalue weighted by Gasteiger charge is 2.01. The molecule has 100 valence electrons. The molecule has 3 rings (SSSR count). The lowest BCUT2D eigenvalue weighted by molar-refractivity contribution is 0.105. The first-order valence-corrected chi connectivity index (χ1v) is 6.85. The molecule has 0 amide bonds. The minimum atomic E-state index is -0.150. The van der Waals surface area contributed by atoms with E-state index in [2.05, 4.69) is 11.8 Å². The summed E-state index contributed by atoms with van der Waals surface area (Å²) in [5, 5.41) is 2.20. The van der Waals surface area contributed by atoms with Crippen LogP contribution in [0, 0.1) is 18.8 Å². The fourth-order valence-corrected chi connectivity index (χ4v) is 2.24. The van der Waals surface area contributed by atoms with Crippen molar-refractivity contribution in [1.29, 1.82) is 0 Å². The number of fused-ring (bicyclic) bond motifs is 1. The second-order valence-corrected chi connectivity index (χ2v) is 4.97. The zero-order valence-electron chi connectivity index (χ0n) is 11.8. The molecule has 0 aromatic heterocycles. The van der Waals surface area contributed by atoms with Crippen molar-refractivity contribution in [2.45, 2.75) is 6.92 Å². The molecule has 0 aliphatic rings. The fourth-order valence-electron chi connectivity index (χ4n) is 2.24. The van der Waals surface area contributed by atoms with Gasteiger partial charge in [-0.05, 0) is 29.7 Å². The standard InChI is InChI=1S/C20H14O/c1-15-9-11-18(12-10-15)20(21)14-13-17-7-4-6-16-5-2-3-8-19(16)17/h2-12H,1H3. The Morgan fingerprint density at radius 2 is 1.57 bits per heavy atom. The highest BCUT2D eigenvalue weighted by atomic mass is 16.1. The highest BCUT2D eigenvalue weighted by Crippen LogP contribution is 2.17. The molecule has 0 N–H and O–H groups in total. The maximum atomic E-state index is 12.1. The molecule has 0 fully saturated rings. The van der Waals surface area contributed by atoms with Gasteiger partial charge in [-0.1, -0.05) is 72.1 Å². The number of Topliss-reactive ketones (excluding diaryl/α,β-unsaturated/α-hetero) is 1. The van der Waals surface area contributed by atoms with Gasteiger partial charge in [-0.25, -0.2) is 0 Å². The molecule has 0 heterocycles. The van der Waals surface area contributed by atoms with Crippen LogP contribution in [0.4, 0.5) is 0 Å². The van der Waals surface area contributed by atoms with Gasteiger partial charge in [0.1, 0.15) is 0 Å². The zero-order chi connectivity index (χ0) is 14.7. The van der Waals surface area contributed by atoms with Crippen molar-refractivity contribution in [3.8, 4) is 11.8 Å². The van der Waals surface area contributed by atoms with Gasteiger partial charge in [0.05, 0.1) is 0 Å². The van der Waals surface area contributed by atoms with Gasteiger partial charge >= 0.3 is 0 Å². The summed E-state index contributed by atoms with van der Waals surface area (Å²) in [7, 11) is 0. The van der Waals surface area contributed by atoms with E-state index < -0.39 is 0 Å². The number of benzene rings is 3. The minimum absolute atomic E-state index is 0.150. The molecule has 0 aliphatic heterocycles. The van der Waals surface area contributed by atoms with Crippen molar-refractivity contribution in [3.63, 3.8) is 0 Å². The van der Waals surface area contributed by atoms with Gasteiger partial charge in [-0.2, -0.15) is 0 Å². The first-order valence-electron chi connectivity index (χ1n) is 6.85. The predicted octanol–water partition coefficient (Wildman–Crippen LogP) is 4.38. The third kappa shape index (κ3) is 2.85. The Morgan fingerprint density at radius 1 is 0.857 bits per heavy atom. The molecular weight excluding hydrogens is 256 g/mol. The largest absolute Gasteiger partial charge is 0.279 e. The SMILES string of the molecule is Cc1ccc(C(=O)C#Cc2cccc3ccccc23)cc1. The topological polar surface area (TPSA) is 17.1 Å². The monoisotopic (exact) mass is 270 g/mol. The van der Waals surface area contributed by atoms with Gasteiger partial charge in [0.2, 0.25) is 5.78 Å². The van der Waals surface area contributed by atoms with Crippen LogP contribution in [0.1, 0.15) is 21.5 Å². The van der Waals surface area contributed by atoms with Crippen molar-refractivity contribution in [2.75, 3.05) is 0 Å². The van der Waals surface area contributed by atoms with Gasteiger partial charge in [0, 0.05) is 11.1 Å². The first kappa shape index (κ1) is 13.1. The van der Waals surface area contributed by atoms with E-state index in [-0.39, 0.29) is 5.78 Å². The predicted molar refractivity (Wildman–Crippen MR) is 86.3 cm³/mol. The summed E-state index contributed by atoms with van der Waals surface area (Å²) < 4.78 is 0. The van der Waals surface area contributed by atoms with Crippen LogP contribution in [0.25, 0.3) is 10.8 Å². The van der Waals surface area contributed by atoms with Crippen molar-refractivity contribution in [3.05, 3.63) is 83.4 Å². The van der Waals surface area contributed by atoms with Crippen LogP contribution >= 0.6 is 0 Å². The number of carbonyl (C=O) groups is 1. The van der Waals surface area contributed by atoms with Crippen molar-refractivity contribution >= 4 is 16.6 Å². The number of hydrogen-bond donors (Lipinski definition) is 0. The normalized spacial score (nSPS) is 9.95. The highest BCUT2D eigenvalue weighted by molar-refractivity contribution is 6.09. The molecule has 0 unspecified atom stereocenters. The molecule has 1 heteroatoms. The second-order valence-electron chi connectivity index (χ2n) is 4.97. The molecule has 0 saturated heterocycles. The van der Waals surface area contributed by atoms with Gasteiger partial charge in [0.25, 0.3) is 0 Å². The van der Waals surface area contributed by atoms with Gasteiger partial charge in [-0.3, -0.25) is 4.79 Å². The Balaban J connectivity index is 1.96. The van der Waals surface area contributed by atoms with E-state index in [1.165, 1.54) is 0 Å². The van der Waals surface area contributed by atoms with Crippen LogP contribution in [0.2, 0.25) is 0 Å². The average Bonchev–Trinajstić information content (AvgIpc) is 2.53. The molecular formula is C20H14O. The van der Waals surface area contributed by atoms with Gasteiger partial charge in [-0.15, -0.1) is 0 Å². The quantitative estimate of drug-likeness (QED) is 0.473. The zero-order valence-corrected chi connectivity index (χ0v) is 11.8. The molecule has 0 radical (unpaired) electrons. The summed E-state index contributed by atoms with van der Waals surface area (Å²) in [6.07, 6.45) is 0. The lowest BCUT2D eigenvalue weighted by Crippen LogP contribution is -1.94. The van der Waals surface area contributed by atoms with Crippen LogP contribution in [-0.2, 0) is 0 Å². The summed E-state index contributed by atoms with van der Waals surface area (Å²) in [5.74, 6) is 5.59. The average molecular weight is 270 g/mol. The van der Waals surface area contributed by atoms with Crippen molar-refractivity contribution in [1.82, 2.24) is 0 Å². The smallest absolute Gasteiger partial charge is 0.236 e. The van der Waals surface area contributed by atoms with E-state index >= 15 is 0 Å². The third-order valence-corrected chi connectivity index (χ3v) is 3.41. The van der Waals surface area contributed by atoms with Crippen LogP contribution in [0.5, 0.6) is 0 Å². The van der Waals surface area contributed by atoms with E-state index in [4.69, 9.17) is 0 Å². The molecule has 21 heavy (non-hydrogen) atoms. The van der Waals surface area contributed by atoms with E-state index in [0.29, 0.717) is 5.56 Å². The maximum absolute atomic E-state index is 12.1. The molecule has 0 spiro atoms. The Morgan fingerprint density at radius 3 is 2.38 bits per heavy atom. The minimum Gasteiger partial charge on any atom is -0.279 e.